The van der Waals surface area contributed by atoms with Crippen LogP contribution >= 0.6 is 23.2 Å². The Morgan fingerprint density at radius 2 is 1.49 bits per heavy atom. The first-order valence-electron chi connectivity index (χ1n) is 11.1. The average molecular weight is 572 g/mol. The number of benzene rings is 3. The smallest absolute Gasteiger partial charge is 0.374 e. The van der Waals surface area contributed by atoms with Crippen molar-refractivity contribution >= 4 is 54.9 Å². The predicted molar refractivity (Wildman–Crippen MR) is 141 cm³/mol. The fraction of sp³-hybridized carbons (Fsp3) is 0.120. The van der Waals surface area contributed by atoms with E-state index in [1.165, 1.54) is 30.3 Å². The molecular formula is C25H20BCl2N3O8. The Morgan fingerprint density at radius 3 is 2.10 bits per heavy atom. The normalized spacial score (nSPS) is 11.2. The molecule has 3 amide bonds. The molecule has 200 valence electrons. The minimum atomic E-state index is -1.60. The summed E-state index contributed by atoms with van der Waals surface area (Å²) in [6.07, 6.45) is 0. The highest BCUT2D eigenvalue weighted by Gasteiger charge is 2.25. The molecule has 3 rings (SSSR count). The quantitative estimate of drug-likeness (QED) is 0.201. The number of halogens is 2. The molecule has 3 aromatic carbocycles. The highest BCUT2D eigenvalue weighted by atomic mass is 35.5. The van der Waals surface area contributed by atoms with Crippen LogP contribution in [0.3, 0.4) is 0 Å². The van der Waals surface area contributed by atoms with Gasteiger partial charge in [-0.2, -0.15) is 0 Å². The molecule has 0 aromatic heterocycles. The van der Waals surface area contributed by atoms with Gasteiger partial charge in [0.2, 0.25) is 0 Å². The minimum Gasteiger partial charge on any atom is -0.568 e. The molecule has 2 radical (unpaired) electrons. The Kier molecular flexibility index (Phi) is 9.64. The molecule has 0 spiro atoms. The van der Waals surface area contributed by atoms with Crippen molar-refractivity contribution in [1.29, 1.82) is 0 Å². The molecule has 0 unspecified atom stereocenters. The number of aromatic hydroxyl groups is 2. The fourth-order valence-electron chi connectivity index (χ4n) is 3.38. The number of aliphatic carboxylic acids is 1. The van der Waals surface area contributed by atoms with Crippen LogP contribution in [0.4, 0.5) is 0 Å². The summed E-state index contributed by atoms with van der Waals surface area (Å²) >= 11 is 12.4. The van der Waals surface area contributed by atoms with E-state index >= 15 is 0 Å². The Labute approximate surface area is 233 Å². The molecule has 3 aromatic rings. The summed E-state index contributed by atoms with van der Waals surface area (Å²) in [7, 11) is 5.03. The minimum absolute atomic E-state index is 0.0102. The SMILES string of the molecule is [B]Oc1cc(O)cc(C(=O)NC[C@H](NC(=O)c2c(Cl)cc(C(=O)NCc3cccc(O)c3)cc2Cl)C(=O)O)c1. The van der Waals surface area contributed by atoms with Crippen LogP contribution in [0.2, 0.25) is 10.0 Å². The topological polar surface area (TPSA) is 174 Å². The number of phenols is 2. The number of hydrogen-bond donors (Lipinski definition) is 6. The first kappa shape index (κ1) is 29.1. The van der Waals surface area contributed by atoms with Gasteiger partial charge >= 0.3 is 14.0 Å². The molecule has 1 atom stereocenters. The van der Waals surface area contributed by atoms with Crippen molar-refractivity contribution in [1.82, 2.24) is 16.0 Å². The molecule has 0 fully saturated rings. The van der Waals surface area contributed by atoms with Crippen LogP contribution < -0.4 is 20.6 Å². The number of carboxylic acids is 1. The summed E-state index contributed by atoms with van der Waals surface area (Å²) in [4.78, 5) is 49.5. The maximum Gasteiger partial charge on any atom is 0.374 e. The number of carbonyl (C=O) groups excluding carboxylic acids is 3. The third kappa shape index (κ3) is 7.79. The number of hydrogen-bond acceptors (Lipinski definition) is 7. The Hall–Kier alpha value is -4.42. The summed E-state index contributed by atoms with van der Waals surface area (Å²) < 4.78 is 4.48. The second-order valence-electron chi connectivity index (χ2n) is 8.08. The lowest BCUT2D eigenvalue weighted by molar-refractivity contribution is -0.139. The number of carboxylic acid groups (broad SMARTS) is 1. The molecule has 0 aliphatic rings. The molecule has 6 N–H and O–H groups in total. The average Bonchev–Trinajstić information content (AvgIpc) is 2.88. The van der Waals surface area contributed by atoms with Crippen molar-refractivity contribution in [3.8, 4) is 17.2 Å². The van der Waals surface area contributed by atoms with Gasteiger partial charge in [0.05, 0.1) is 15.6 Å². The maximum absolute atomic E-state index is 12.8. The van der Waals surface area contributed by atoms with Gasteiger partial charge in [-0.05, 0) is 42.0 Å². The van der Waals surface area contributed by atoms with Crippen LogP contribution in [0, 0.1) is 0 Å². The Balaban J connectivity index is 1.67. The van der Waals surface area contributed by atoms with Gasteiger partial charge in [0, 0.05) is 30.3 Å². The van der Waals surface area contributed by atoms with E-state index in [1.807, 2.05) is 0 Å². The van der Waals surface area contributed by atoms with E-state index in [2.05, 4.69) is 20.6 Å². The van der Waals surface area contributed by atoms with Crippen LogP contribution in [0.25, 0.3) is 0 Å². The van der Waals surface area contributed by atoms with Crippen molar-refractivity contribution in [2.45, 2.75) is 12.6 Å². The predicted octanol–water partition coefficient (Wildman–Crippen LogP) is 2.41. The van der Waals surface area contributed by atoms with Gasteiger partial charge < -0.3 is 35.9 Å². The first-order valence-corrected chi connectivity index (χ1v) is 11.8. The number of amides is 3. The van der Waals surface area contributed by atoms with Gasteiger partial charge in [-0.25, -0.2) is 4.79 Å². The van der Waals surface area contributed by atoms with Gasteiger partial charge in [0.1, 0.15) is 23.3 Å². The second-order valence-corrected chi connectivity index (χ2v) is 8.89. The van der Waals surface area contributed by atoms with Gasteiger partial charge in [0.25, 0.3) is 17.7 Å². The Morgan fingerprint density at radius 1 is 0.846 bits per heavy atom. The van der Waals surface area contributed by atoms with Crippen molar-refractivity contribution in [2.75, 3.05) is 6.54 Å². The Bertz CT molecular complexity index is 1410. The maximum atomic E-state index is 12.8. The summed E-state index contributed by atoms with van der Waals surface area (Å²) in [5, 5.41) is 35.4. The number of phenolic OH excluding ortho intramolecular Hbond substituents is 2. The zero-order valence-corrected chi connectivity index (χ0v) is 21.4. The molecule has 0 aliphatic heterocycles. The second kappa shape index (κ2) is 12.9. The molecule has 14 heteroatoms. The van der Waals surface area contributed by atoms with E-state index < -0.39 is 36.3 Å². The monoisotopic (exact) mass is 571 g/mol. The van der Waals surface area contributed by atoms with Crippen LogP contribution in [0.15, 0.2) is 54.6 Å². The van der Waals surface area contributed by atoms with Gasteiger partial charge in [-0.15, -0.1) is 0 Å². The van der Waals surface area contributed by atoms with Crippen molar-refractivity contribution in [3.05, 3.63) is 86.9 Å². The molecule has 0 bridgehead atoms. The van der Waals surface area contributed by atoms with E-state index in [4.69, 9.17) is 31.3 Å². The third-order valence-electron chi connectivity index (χ3n) is 5.25. The number of rotatable bonds is 10. The third-order valence-corrected chi connectivity index (χ3v) is 5.85. The lowest BCUT2D eigenvalue weighted by atomic mass is 10.1. The lowest BCUT2D eigenvalue weighted by Crippen LogP contribution is -2.48. The molecule has 0 aliphatic carbocycles. The van der Waals surface area contributed by atoms with Crippen molar-refractivity contribution in [3.63, 3.8) is 0 Å². The summed E-state index contributed by atoms with van der Waals surface area (Å²) in [6, 6.07) is 10.5. The van der Waals surface area contributed by atoms with E-state index in [0.29, 0.717) is 5.56 Å². The first-order chi connectivity index (χ1) is 18.5. The zero-order valence-electron chi connectivity index (χ0n) is 19.9. The summed E-state index contributed by atoms with van der Waals surface area (Å²) in [6.45, 7) is -0.445. The van der Waals surface area contributed by atoms with E-state index in [1.54, 1.807) is 12.1 Å². The molecule has 0 saturated carbocycles. The van der Waals surface area contributed by atoms with Gasteiger partial charge in [-0.3, -0.25) is 14.4 Å². The highest BCUT2D eigenvalue weighted by molar-refractivity contribution is 6.40. The fourth-order valence-corrected chi connectivity index (χ4v) is 4.04. The van der Waals surface area contributed by atoms with E-state index in [9.17, 15) is 34.5 Å². The molecule has 11 nitrogen and oxygen atoms in total. The van der Waals surface area contributed by atoms with Gasteiger partial charge in [0.15, 0.2) is 0 Å². The number of nitrogens with one attached hydrogen (secondary N) is 3. The molecule has 0 heterocycles. The molecule has 0 saturated heterocycles. The number of carbonyl (C=O) groups is 4. The lowest BCUT2D eigenvalue weighted by Gasteiger charge is -2.17. The largest absolute Gasteiger partial charge is 0.568 e. The molecular weight excluding hydrogens is 552 g/mol. The van der Waals surface area contributed by atoms with E-state index in [-0.39, 0.29) is 50.5 Å². The van der Waals surface area contributed by atoms with Crippen LogP contribution in [0.5, 0.6) is 17.2 Å². The van der Waals surface area contributed by atoms with Crippen LogP contribution in [-0.2, 0) is 11.3 Å². The van der Waals surface area contributed by atoms with Crippen LogP contribution in [0.1, 0.15) is 36.6 Å². The summed E-state index contributed by atoms with van der Waals surface area (Å²) in [5.41, 5.74) is 0.323. The highest BCUT2D eigenvalue weighted by Crippen LogP contribution is 2.27. The zero-order chi connectivity index (χ0) is 28.7. The van der Waals surface area contributed by atoms with Crippen molar-refractivity contribution < 1.29 is 39.2 Å². The van der Waals surface area contributed by atoms with E-state index in [0.717, 1.165) is 12.1 Å². The van der Waals surface area contributed by atoms with Gasteiger partial charge in [-0.1, -0.05) is 35.3 Å². The van der Waals surface area contributed by atoms with Crippen molar-refractivity contribution in [2.24, 2.45) is 0 Å². The standard InChI is InChI=1S/C25H20BCl2N3O8/c26-39-17-6-13(5-16(33)9-17)22(34)30-11-20(25(37)38)31-24(36)21-18(27)7-14(8-19(21)28)23(35)29-10-12-2-1-3-15(32)4-12/h1-9,20,32-33H,10-11H2,(H,29,35)(H,30,34)(H,31,36)(H,37,38)/t20-/m0/s1. The summed E-state index contributed by atoms with van der Waals surface area (Å²) in [5.74, 6) is -4.06. The van der Waals surface area contributed by atoms with Crippen LogP contribution in [-0.4, -0.2) is 59.6 Å². The molecule has 39 heavy (non-hydrogen) atoms.